The van der Waals surface area contributed by atoms with Gasteiger partial charge in [0.15, 0.2) is 0 Å². The number of benzene rings is 2. The molecule has 2 heterocycles. The number of rotatable bonds is 2. The van der Waals surface area contributed by atoms with Gasteiger partial charge in [-0.3, -0.25) is 0 Å². The van der Waals surface area contributed by atoms with Crippen LogP contribution in [0, 0.1) is 0 Å². The second-order valence-electron chi connectivity index (χ2n) is 6.31. The van der Waals surface area contributed by atoms with Crippen molar-refractivity contribution in [2.45, 2.75) is 21.7 Å². The van der Waals surface area contributed by atoms with Gasteiger partial charge in [-0.2, -0.15) is 0 Å². The first-order valence-electron chi connectivity index (χ1n) is 8.33. The lowest BCUT2D eigenvalue weighted by molar-refractivity contribution is -0.138. The van der Waals surface area contributed by atoms with E-state index in [1.807, 2.05) is 66.5 Å². The highest BCUT2D eigenvalue weighted by atomic mass is 35.5. The molecule has 2 aromatic carbocycles. The lowest BCUT2D eigenvalue weighted by atomic mass is 9.92. The predicted molar refractivity (Wildman–Crippen MR) is 108 cm³/mol. The van der Waals surface area contributed by atoms with Crippen LogP contribution >= 0.6 is 35.0 Å². The van der Waals surface area contributed by atoms with Crippen LogP contribution in [0.4, 0.5) is 5.69 Å². The van der Waals surface area contributed by atoms with Crippen molar-refractivity contribution < 1.29 is 9.53 Å². The maximum Gasteiger partial charge on any atom is 0.350 e. The highest BCUT2D eigenvalue weighted by Gasteiger charge is 2.53. The van der Waals surface area contributed by atoms with Crippen LogP contribution in [0.2, 0.25) is 0 Å². The van der Waals surface area contributed by atoms with Gasteiger partial charge in [-0.25, -0.2) is 4.79 Å². The molecule has 2 aliphatic rings. The minimum atomic E-state index is -1.67. The summed E-state index contributed by atoms with van der Waals surface area (Å²) in [4.78, 5) is 15.8. The third-order valence-corrected chi connectivity index (χ3v) is 6.54. The minimum absolute atomic E-state index is 0.503. The molecule has 0 spiro atoms. The van der Waals surface area contributed by atoms with E-state index in [9.17, 15) is 4.79 Å². The van der Waals surface area contributed by atoms with Crippen LogP contribution in [-0.4, -0.2) is 29.1 Å². The number of para-hydroxylation sites is 1. The molecule has 0 aliphatic carbocycles. The Kier molecular flexibility index (Phi) is 4.68. The molecular formula is C20H17Cl2NO2S. The highest BCUT2D eigenvalue weighted by Crippen LogP contribution is 2.48. The molecular weight excluding hydrogens is 389 g/mol. The number of halogens is 2. The molecule has 2 aliphatic heterocycles. The van der Waals surface area contributed by atoms with Crippen molar-refractivity contribution in [3.05, 3.63) is 65.7 Å². The van der Waals surface area contributed by atoms with E-state index in [-0.39, 0.29) is 0 Å². The summed E-state index contributed by atoms with van der Waals surface area (Å²) >= 11 is 14.8. The molecule has 134 valence electrons. The molecule has 0 bridgehead atoms. The van der Waals surface area contributed by atoms with Crippen LogP contribution in [0.5, 0.6) is 0 Å². The Hall–Kier alpha value is -1.62. The fourth-order valence-electron chi connectivity index (χ4n) is 3.50. The molecule has 2 aromatic rings. The topological polar surface area (TPSA) is 29.5 Å². The maximum absolute atomic E-state index is 12.7. The minimum Gasteiger partial charge on any atom is -0.424 e. The van der Waals surface area contributed by atoms with E-state index in [2.05, 4.69) is 0 Å². The molecule has 1 atom stereocenters. The average Bonchev–Trinajstić information content (AvgIpc) is 2.82. The predicted octanol–water partition coefficient (Wildman–Crippen LogP) is 5.13. The number of ether oxygens (including phenoxy) is 1. The van der Waals surface area contributed by atoms with Gasteiger partial charge in [-0.1, -0.05) is 59.6 Å². The summed E-state index contributed by atoms with van der Waals surface area (Å²) in [5, 5.41) is 0. The molecule has 0 aromatic heterocycles. The van der Waals surface area contributed by atoms with Crippen molar-refractivity contribution in [1.29, 1.82) is 0 Å². The quantitative estimate of drug-likeness (QED) is 0.511. The SMILES string of the molecule is CN(c1ccccc1)C1C2=C(OC(=O)C1(Cl)Cl)c1ccccc1SCC2. The van der Waals surface area contributed by atoms with Crippen molar-refractivity contribution in [3.63, 3.8) is 0 Å². The van der Waals surface area contributed by atoms with Gasteiger partial charge in [-0.15, -0.1) is 11.8 Å². The van der Waals surface area contributed by atoms with Crippen molar-refractivity contribution in [2.24, 2.45) is 0 Å². The summed E-state index contributed by atoms with van der Waals surface area (Å²) in [5.74, 6) is 0.838. The molecule has 3 nitrogen and oxygen atoms in total. The Morgan fingerprint density at radius 2 is 1.81 bits per heavy atom. The Balaban J connectivity index is 1.89. The lowest BCUT2D eigenvalue weighted by Gasteiger charge is -2.41. The molecule has 0 amide bonds. The Morgan fingerprint density at radius 1 is 1.12 bits per heavy atom. The van der Waals surface area contributed by atoms with Gasteiger partial charge in [0.25, 0.3) is 0 Å². The number of carbonyl (C=O) groups excluding carboxylic acids is 1. The van der Waals surface area contributed by atoms with E-state index in [1.165, 1.54) is 0 Å². The van der Waals surface area contributed by atoms with E-state index in [4.69, 9.17) is 27.9 Å². The fourth-order valence-corrected chi connectivity index (χ4v) is 5.17. The zero-order valence-electron chi connectivity index (χ0n) is 14.1. The third kappa shape index (κ3) is 2.90. The molecule has 26 heavy (non-hydrogen) atoms. The summed E-state index contributed by atoms with van der Waals surface area (Å²) in [6.07, 6.45) is 0.741. The molecule has 1 unspecified atom stereocenters. The average molecular weight is 406 g/mol. The lowest BCUT2D eigenvalue weighted by Crippen LogP contribution is -2.54. The molecule has 4 rings (SSSR count). The standard InChI is InChI=1S/C20H17Cl2NO2S/c1-23(13-7-3-2-4-8-13)18-15-11-12-26-16-10-6-5-9-14(16)17(15)25-19(24)20(18,21)22/h2-10,18H,11-12H2,1H3. The number of fused-ring (bicyclic) bond motifs is 2. The van der Waals surface area contributed by atoms with Gasteiger partial charge in [0, 0.05) is 34.5 Å². The van der Waals surface area contributed by atoms with E-state index in [0.717, 1.165) is 33.9 Å². The van der Waals surface area contributed by atoms with Crippen molar-refractivity contribution in [1.82, 2.24) is 0 Å². The van der Waals surface area contributed by atoms with E-state index in [0.29, 0.717) is 5.76 Å². The number of esters is 1. The van der Waals surface area contributed by atoms with Gasteiger partial charge in [-0.05, 0) is 24.6 Å². The fraction of sp³-hybridized carbons (Fsp3) is 0.250. The van der Waals surface area contributed by atoms with Crippen molar-refractivity contribution in [2.75, 3.05) is 17.7 Å². The monoisotopic (exact) mass is 405 g/mol. The first kappa shape index (κ1) is 17.8. The summed E-state index contributed by atoms with van der Waals surface area (Å²) < 4.78 is 3.99. The summed E-state index contributed by atoms with van der Waals surface area (Å²) in [6, 6.07) is 17.3. The molecule has 0 saturated carbocycles. The number of likely N-dealkylation sites (N-methyl/N-ethyl adjacent to an activating group) is 1. The first-order chi connectivity index (χ1) is 12.5. The maximum atomic E-state index is 12.7. The Labute approximate surface area is 166 Å². The number of hydrogen-bond donors (Lipinski definition) is 0. The number of alkyl halides is 2. The van der Waals surface area contributed by atoms with Crippen LogP contribution in [0.15, 0.2) is 65.1 Å². The molecule has 0 N–H and O–H groups in total. The summed E-state index contributed by atoms with van der Waals surface area (Å²) in [5.41, 5.74) is 2.82. The smallest absolute Gasteiger partial charge is 0.350 e. The van der Waals surface area contributed by atoms with Crippen LogP contribution in [0.3, 0.4) is 0 Å². The molecule has 0 radical (unpaired) electrons. The summed E-state index contributed by atoms with van der Waals surface area (Å²) in [7, 11) is 1.91. The zero-order valence-corrected chi connectivity index (χ0v) is 16.4. The van der Waals surface area contributed by atoms with Crippen LogP contribution < -0.4 is 4.90 Å². The number of thioether (sulfide) groups is 1. The van der Waals surface area contributed by atoms with Gasteiger partial charge >= 0.3 is 5.97 Å². The molecule has 0 fully saturated rings. The van der Waals surface area contributed by atoms with Crippen molar-refractivity contribution in [3.8, 4) is 0 Å². The molecule has 6 heteroatoms. The number of carbonyl (C=O) groups is 1. The molecule has 0 saturated heterocycles. The van der Waals surface area contributed by atoms with Gasteiger partial charge in [0.05, 0.1) is 6.04 Å². The second kappa shape index (κ2) is 6.84. The third-order valence-electron chi connectivity index (χ3n) is 4.74. The van der Waals surface area contributed by atoms with E-state index in [1.54, 1.807) is 11.8 Å². The first-order valence-corrected chi connectivity index (χ1v) is 10.1. The largest absolute Gasteiger partial charge is 0.424 e. The Bertz CT molecular complexity index is 882. The summed E-state index contributed by atoms with van der Waals surface area (Å²) in [6.45, 7) is 0. The van der Waals surface area contributed by atoms with E-state index >= 15 is 0 Å². The van der Waals surface area contributed by atoms with Gasteiger partial charge in [0.2, 0.25) is 4.33 Å². The number of anilines is 1. The van der Waals surface area contributed by atoms with Gasteiger partial charge < -0.3 is 9.64 Å². The second-order valence-corrected chi connectivity index (χ2v) is 8.83. The van der Waals surface area contributed by atoms with Crippen LogP contribution in [0.1, 0.15) is 12.0 Å². The zero-order chi connectivity index (χ0) is 18.3. The van der Waals surface area contributed by atoms with Crippen molar-refractivity contribution >= 4 is 52.4 Å². The van der Waals surface area contributed by atoms with Crippen LogP contribution in [0.25, 0.3) is 5.76 Å². The number of hydrogen-bond acceptors (Lipinski definition) is 4. The van der Waals surface area contributed by atoms with Crippen LogP contribution in [-0.2, 0) is 9.53 Å². The number of nitrogens with zero attached hydrogens (tertiary/aromatic N) is 1. The Morgan fingerprint density at radius 3 is 2.58 bits per heavy atom. The van der Waals surface area contributed by atoms with E-state index < -0.39 is 16.3 Å². The normalized spacial score (nSPS) is 21.3. The highest BCUT2D eigenvalue weighted by molar-refractivity contribution is 7.99. The van der Waals surface area contributed by atoms with Gasteiger partial charge in [0.1, 0.15) is 5.76 Å².